The first kappa shape index (κ1) is 16.0. The van der Waals surface area contributed by atoms with E-state index in [2.05, 4.69) is 33.2 Å². The SMILES string of the molecule is CCc1ccc(Cl)c(CC)c1NC(=O)c1cccc(Br)n1. The molecule has 1 aromatic carbocycles. The van der Waals surface area contributed by atoms with E-state index in [4.69, 9.17) is 11.6 Å². The molecule has 0 aliphatic carbocycles. The van der Waals surface area contributed by atoms with E-state index in [1.807, 2.05) is 19.1 Å². The van der Waals surface area contributed by atoms with Crippen LogP contribution in [0.2, 0.25) is 5.02 Å². The lowest BCUT2D eigenvalue weighted by molar-refractivity contribution is 0.102. The Morgan fingerprint density at radius 1 is 1.24 bits per heavy atom. The van der Waals surface area contributed by atoms with Crippen molar-refractivity contribution in [1.82, 2.24) is 4.98 Å². The van der Waals surface area contributed by atoms with Gasteiger partial charge in [-0.25, -0.2) is 4.98 Å². The molecule has 21 heavy (non-hydrogen) atoms. The Labute approximate surface area is 137 Å². The summed E-state index contributed by atoms with van der Waals surface area (Å²) in [5.41, 5.74) is 3.20. The lowest BCUT2D eigenvalue weighted by Crippen LogP contribution is -2.16. The van der Waals surface area contributed by atoms with Gasteiger partial charge in [0.2, 0.25) is 0 Å². The number of halogens is 2. The summed E-state index contributed by atoms with van der Waals surface area (Å²) in [5, 5.41) is 3.63. The van der Waals surface area contributed by atoms with Gasteiger partial charge in [-0.15, -0.1) is 0 Å². The summed E-state index contributed by atoms with van der Waals surface area (Å²) in [6.07, 6.45) is 1.58. The summed E-state index contributed by atoms with van der Waals surface area (Å²) >= 11 is 9.51. The second kappa shape index (κ2) is 7.05. The number of rotatable bonds is 4. The van der Waals surface area contributed by atoms with E-state index in [9.17, 15) is 4.79 Å². The third kappa shape index (κ3) is 3.63. The van der Waals surface area contributed by atoms with Crippen molar-refractivity contribution in [3.05, 3.63) is 56.8 Å². The number of carbonyl (C=O) groups excluding carboxylic acids is 1. The Kier molecular flexibility index (Phi) is 5.37. The van der Waals surface area contributed by atoms with Gasteiger partial charge in [-0.2, -0.15) is 0 Å². The molecule has 0 aliphatic rings. The van der Waals surface area contributed by atoms with E-state index in [1.165, 1.54) is 0 Å². The maximum absolute atomic E-state index is 12.4. The van der Waals surface area contributed by atoms with Gasteiger partial charge in [0.25, 0.3) is 5.91 Å². The molecule has 1 amide bonds. The molecule has 0 saturated carbocycles. The van der Waals surface area contributed by atoms with Crippen LogP contribution in [-0.2, 0) is 12.8 Å². The molecule has 1 N–H and O–H groups in total. The first-order chi connectivity index (χ1) is 10.1. The zero-order valence-electron chi connectivity index (χ0n) is 11.9. The van der Waals surface area contributed by atoms with Crippen LogP contribution in [0.4, 0.5) is 5.69 Å². The molecule has 1 heterocycles. The molecule has 0 fully saturated rings. The third-order valence-corrected chi connectivity index (χ3v) is 4.06. The standard InChI is InChI=1S/C16H16BrClN2O/c1-3-10-8-9-12(18)11(4-2)15(10)20-16(21)13-6-5-7-14(17)19-13/h5-9H,3-4H2,1-2H3,(H,20,21). The zero-order valence-corrected chi connectivity index (χ0v) is 14.3. The monoisotopic (exact) mass is 366 g/mol. The maximum atomic E-state index is 12.4. The van der Waals surface area contributed by atoms with Gasteiger partial charge in [-0.1, -0.05) is 37.6 Å². The van der Waals surface area contributed by atoms with Crippen molar-refractivity contribution >= 4 is 39.1 Å². The molecular weight excluding hydrogens is 352 g/mol. The third-order valence-electron chi connectivity index (χ3n) is 3.26. The molecule has 0 unspecified atom stereocenters. The summed E-state index contributed by atoms with van der Waals surface area (Å²) < 4.78 is 0.632. The Balaban J connectivity index is 2.38. The smallest absolute Gasteiger partial charge is 0.274 e. The Morgan fingerprint density at radius 2 is 2.00 bits per heavy atom. The highest BCUT2D eigenvalue weighted by Crippen LogP contribution is 2.29. The molecule has 0 atom stereocenters. The molecule has 0 aliphatic heterocycles. The molecule has 3 nitrogen and oxygen atoms in total. The Bertz CT molecular complexity index is 673. The highest BCUT2D eigenvalue weighted by atomic mass is 79.9. The number of benzene rings is 1. The first-order valence-corrected chi connectivity index (χ1v) is 7.98. The number of aryl methyl sites for hydroxylation is 1. The van der Waals surface area contributed by atoms with Crippen LogP contribution in [0.15, 0.2) is 34.9 Å². The van der Waals surface area contributed by atoms with Gasteiger partial charge < -0.3 is 5.32 Å². The van der Waals surface area contributed by atoms with Gasteiger partial charge >= 0.3 is 0 Å². The predicted octanol–water partition coefficient (Wildman–Crippen LogP) is 4.87. The van der Waals surface area contributed by atoms with Crippen LogP contribution in [0.25, 0.3) is 0 Å². The van der Waals surface area contributed by atoms with Crippen LogP contribution in [0, 0.1) is 0 Å². The lowest BCUT2D eigenvalue weighted by atomic mass is 10.0. The fourth-order valence-corrected chi connectivity index (χ4v) is 2.81. The van der Waals surface area contributed by atoms with Crippen molar-refractivity contribution in [2.24, 2.45) is 0 Å². The van der Waals surface area contributed by atoms with E-state index in [0.29, 0.717) is 15.3 Å². The van der Waals surface area contributed by atoms with Crippen LogP contribution in [-0.4, -0.2) is 10.9 Å². The quantitative estimate of drug-likeness (QED) is 0.783. The van der Waals surface area contributed by atoms with Crippen molar-refractivity contribution in [2.45, 2.75) is 26.7 Å². The number of hydrogen-bond donors (Lipinski definition) is 1. The molecule has 0 radical (unpaired) electrons. The van der Waals surface area contributed by atoms with Gasteiger partial charge in [0, 0.05) is 10.7 Å². The molecule has 0 bridgehead atoms. The van der Waals surface area contributed by atoms with Crippen LogP contribution in [0.5, 0.6) is 0 Å². The van der Waals surface area contributed by atoms with Crippen LogP contribution in [0.3, 0.4) is 0 Å². The van der Waals surface area contributed by atoms with Crippen molar-refractivity contribution in [3.63, 3.8) is 0 Å². The average Bonchev–Trinajstić information content (AvgIpc) is 2.47. The molecule has 0 spiro atoms. The van der Waals surface area contributed by atoms with E-state index in [0.717, 1.165) is 29.7 Å². The van der Waals surface area contributed by atoms with Crippen molar-refractivity contribution < 1.29 is 4.79 Å². The van der Waals surface area contributed by atoms with Gasteiger partial charge in [0.05, 0.1) is 0 Å². The number of pyridine rings is 1. The van der Waals surface area contributed by atoms with E-state index < -0.39 is 0 Å². The summed E-state index contributed by atoms with van der Waals surface area (Å²) in [7, 11) is 0. The van der Waals surface area contributed by atoms with Crippen molar-refractivity contribution in [3.8, 4) is 0 Å². The Morgan fingerprint density at radius 3 is 2.62 bits per heavy atom. The van der Waals surface area contributed by atoms with Crippen LogP contribution < -0.4 is 5.32 Å². The molecule has 2 rings (SSSR count). The summed E-state index contributed by atoms with van der Waals surface area (Å²) in [5.74, 6) is -0.233. The first-order valence-electron chi connectivity index (χ1n) is 6.81. The minimum Gasteiger partial charge on any atom is -0.320 e. The number of amides is 1. The van der Waals surface area contributed by atoms with E-state index in [1.54, 1.807) is 18.2 Å². The fourth-order valence-electron chi connectivity index (χ4n) is 2.18. The molecule has 5 heteroatoms. The van der Waals surface area contributed by atoms with E-state index >= 15 is 0 Å². The van der Waals surface area contributed by atoms with Crippen LogP contribution >= 0.6 is 27.5 Å². The predicted molar refractivity (Wildman–Crippen MR) is 90.1 cm³/mol. The number of anilines is 1. The normalized spacial score (nSPS) is 10.5. The van der Waals surface area contributed by atoms with Crippen molar-refractivity contribution in [2.75, 3.05) is 5.32 Å². The van der Waals surface area contributed by atoms with Gasteiger partial charge in [-0.05, 0) is 58.1 Å². The molecule has 0 saturated heterocycles. The minimum atomic E-state index is -0.233. The second-order valence-corrected chi connectivity index (χ2v) is 5.79. The number of nitrogens with one attached hydrogen (secondary N) is 1. The minimum absolute atomic E-state index is 0.233. The maximum Gasteiger partial charge on any atom is 0.274 e. The fraction of sp³-hybridized carbons (Fsp3) is 0.250. The molecule has 1 aromatic heterocycles. The largest absolute Gasteiger partial charge is 0.320 e. The van der Waals surface area contributed by atoms with E-state index in [-0.39, 0.29) is 5.91 Å². The highest BCUT2D eigenvalue weighted by Gasteiger charge is 2.15. The summed E-state index contributed by atoms with van der Waals surface area (Å²) in [4.78, 5) is 16.6. The Hall–Kier alpha value is -1.39. The summed E-state index contributed by atoms with van der Waals surface area (Å²) in [6, 6.07) is 9.08. The number of nitrogens with zero attached hydrogens (tertiary/aromatic N) is 1. The summed E-state index contributed by atoms with van der Waals surface area (Å²) in [6.45, 7) is 4.07. The molecule has 2 aromatic rings. The zero-order chi connectivity index (χ0) is 15.4. The lowest BCUT2D eigenvalue weighted by Gasteiger charge is -2.15. The van der Waals surface area contributed by atoms with Crippen LogP contribution in [0.1, 0.15) is 35.5 Å². The van der Waals surface area contributed by atoms with Gasteiger partial charge in [-0.3, -0.25) is 4.79 Å². The van der Waals surface area contributed by atoms with Gasteiger partial charge in [0.15, 0.2) is 0 Å². The topological polar surface area (TPSA) is 42.0 Å². The average molecular weight is 368 g/mol. The van der Waals surface area contributed by atoms with Gasteiger partial charge in [0.1, 0.15) is 10.3 Å². The molecular formula is C16H16BrClN2O. The number of hydrogen-bond acceptors (Lipinski definition) is 2. The second-order valence-electron chi connectivity index (χ2n) is 4.57. The van der Waals surface area contributed by atoms with Crippen molar-refractivity contribution in [1.29, 1.82) is 0 Å². The molecule has 110 valence electrons. The highest BCUT2D eigenvalue weighted by molar-refractivity contribution is 9.10. The number of carbonyl (C=O) groups is 1. The number of aromatic nitrogens is 1.